The van der Waals surface area contributed by atoms with E-state index in [2.05, 4.69) is 29.2 Å². The summed E-state index contributed by atoms with van der Waals surface area (Å²) in [5, 5.41) is 8.59. The van der Waals surface area contributed by atoms with Crippen molar-refractivity contribution in [2.45, 2.75) is 25.8 Å². The number of carboxylic acid groups (broad SMARTS) is 1. The van der Waals surface area contributed by atoms with Crippen molar-refractivity contribution in [2.24, 2.45) is 5.41 Å². The van der Waals surface area contributed by atoms with Crippen molar-refractivity contribution in [1.29, 1.82) is 0 Å². The molecule has 2 aliphatic rings. The van der Waals surface area contributed by atoms with Crippen LogP contribution in [0.2, 0.25) is 0 Å². The largest absolute Gasteiger partial charge is 0.480 e. The molecule has 0 radical (unpaired) electrons. The second kappa shape index (κ2) is 7.97. The molecule has 25 heavy (non-hydrogen) atoms. The van der Waals surface area contributed by atoms with Crippen LogP contribution in [-0.4, -0.2) is 66.2 Å². The van der Waals surface area contributed by atoms with Gasteiger partial charge in [-0.05, 0) is 31.4 Å². The molecule has 6 heteroatoms. The van der Waals surface area contributed by atoms with Crippen molar-refractivity contribution in [2.75, 3.05) is 39.4 Å². The molecule has 2 aliphatic heterocycles. The predicted octanol–water partition coefficient (Wildman–Crippen LogP) is 1.60. The minimum atomic E-state index is -1.05. The third-order valence-electron chi connectivity index (χ3n) is 5.23. The molecule has 136 valence electrons. The first kappa shape index (κ1) is 17.9. The zero-order valence-electron chi connectivity index (χ0n) is 14.5. The fourth-order valence-electron chi connectivity index (χ4n) is 4.08. The van der Waals surface area contributed by atoms with Gasteiger partial charge in [0.25, 0.3) is 0 Å². The van der Waals surface area contributed by atoms with Crippen LogP contribution < -0.4 is 0 Å². The Labute approximate surface area is 148 Å². The van der Waals surface area contributed by atoms with Crippen LogP contribution in [0.15, 0.2) is 30.3 Å². The summed E-state index contributed by atoms with van der Waals surface area (Å²) in [6, 6.07) is 10.5. The number of carbonyl (C=O) groups is 2. The molecule has 1 N–H and O–H groups in total. The van der Waals surface area contributed by atoms with E-state index in [1.807, 2.05) is 11.0 Å². The second-order valence-electron chi connectivity index (χ2n) is 7.25. The van der Waals surface area contributed by atoms with E-state index in [0.29, 0.717) is 0 Å². The van der Waals surface area contributed by atoms with E-state index in [9.17, 15) is 9.59 Å². The van der Waals surface area contributed by atoms with E-state index < -0.39 is 12.6 Å². The second-order valence-corrected chi connectivity index (χ2v) is 7.25. The van der Waals surface area contributed by atoms with Gasteiger partial charge in [0.2, 0.25) is 5.91 Å². The Kier molecular flexibility index (Phi) is 5.71. The SMILES string of the molecule is O=C(O)COCC(=O)N1CCC2(CCCN(Cc3ccccc3)C2)C1. The van der Waals surface area contributed by atoms with E-state index in [-0.39, 0.29) is 17.9 Å². The molecule has 3 rings (SSSR count). The van der Waals surface area contributed by atoms with Crippen LogP contribution in [0.3, 0.4) is 0 Å². The van der Waals surface area contributed by atoms with Gasteiger partial charge in [-0.1, -0.05) is 30.3 Å². The van der Waals surface area contributed by atoms with E-state index >= 15 is 0 Å². The Morgan fingerprint density at radius 2 is 1.88 bits per heavy atom. The molecule has 1 aromatic rings. The molecule has 0 aromatic heterocycles. The number of aliphatic carboxylic acids is 1. The van der Waals surface area contributed by atoms with Gasteiger partial charge in [-0.3, -0.25) is 9.69 Å². The molecule has 0 aliphatic carbocycles. The first-order chi connectivity index (χ1) is 12.1. The van der Waals surface area contributed by atoms with Gasteiger partial charge < -0.3 is 14.7 Å². The topological polar surface area (TPSA) is 70.1 Å². The first-order valence-corrected chi connectivity index (χ1v) is 8.90. The van der Waals surface area contributed by atoms with Crippen LogP contribution in [0.25, 0.3) is 0 Å². The van der Waals surface area contributed by atoms with E-state index in [1.165, 1.54) is 5.56 Å². The van der Waals surface area contributed by atoms with Crippen LogP contribution in [0.1, 0.15) is 24.8 Å². The standard InChI is InChI=1S/C19H26N2O4/c22-17(12-25-13-18(23)24)21-10-8-19(15-21)7-4-9-20(14-19)11-16-5-2-1-3-6-16/h1-3,5-6H,4,7-15H2,(H,23,24). The van der Waals surface area contributed by atoms with Crippen molar-refractivity contribution in [1.82, 2.24) is 9.80 Å². The highest BCUT2D eigenvalue weighted by molar-refractivity contribution is 5.78. The lowest BCUT2D eigenvalue weighted by atomic mass is 9.79. The Morgan fingerprint density at radius 3 is 2.64 bits per heavy atom. The lowest BCUT2D eigenvalue weighted by molar-refractivity contribution is -0.145. The molecule has 2 saturated heterocycles. The number of hydrogen-bond acceptors (Lipinski definition) is 4. The van der Waals surface area contributed by atoms with Gasteiger partial charge in [0, 0.05) is 31.6 Å². The molecular weight excluding hydrogens is 320 g/mol. The van der Waals surface area contributed by atoms with Crippen molar-refractivity contribution in [3.8, 4) is 0 Å². The van der Waals surface area contributed by atoms with Crippen LogP contribution >= 0.6 is 0 Å². The molecule has 1 unspecified atom stereocenters. The third-order valence-corrected chi connectivity index (χ3v) is 5.23. The summed E-state index contributed by atoms with van der Waals surface area (Å²) < 4.78 is 4.94. The maximum atomic E-state index is 12.2. The molecule has 1 atom stereocenters. The molecule has 2 heterocycles. The number of benzene rings is 1. The highest BCUT2D eigenvalue weighted by atomic mass is 16.5. The van der Waals surface area contributed by atoms with Gasteiger partial charge in [0.1, 0.15) is 13.2 Å². The summed E-state index contributed by atoms with van der Waals surface area (Å²) in [5.74, 6) is -1.15. The zero-order chi connectivity index (χ0) is 17.7. The number of likely N-dealkylation sites (tertiary alicyclic amines) is 2. The smallest absolute Gasteiger partial charge is 0.329 e. The minimum Gasteiger partial charge on any atom is -0.480 e. The maximum Gasteiger partial charge on any atom is 0.329 e. The lowest BCUT2D eigenvalue weighted by Gasteiger charge is -2.40. The summed E-state index contributed by atoms with van der Waals surface area (Å²) >= 11 is 0. The minimum absolute atomic E-state index is 0.0988. The van der Waals surface area contributed by atoms with Gasteiger partial charge in [-0.25, -0.2) is 4.79 Å². The van der Waals surface area contributed by atoms with E-state index in [0.717, 1.165) is 52.0 Å². The molecule has 1 amide bonds. The van der Waals surface area contributed by atoms with Crippen molar-refractivity contribution >= 4 is 11.9 Å². The van der Waals surface area contributed by atoms with Gasteiger partial charge in [0.15, 0.2) is 0 Å². The zero-order valence-corrected chi connectivity index (χ0v) is 14.5. The number of piperidine rings is 1. The average molecular weight is 346 g/mol. The number of ether oxygens (including phenoxy) is 1. The Bertz CT molecular complexity index is 607. The average Bonchev–Trinajstić information content (AvgIpc) is 2.99. The Morgan fingerprint density at radius 1 is 1.08 bits per heavy atom. The molecule has 6 nitrogen and oxygen atoms in total. The summed E-state index contributed by atoms with van der Waals surface area (Å²) in [6.07, 6.45) is 3.32. The van der Waals surface area contributed by atoms with Gasteiger partial charge >= 0.3 is 5.97 Å². The normalized spacial score (nSPS) is 23.9. The predicted molar refractivity (Wildman–Crippen MR) is 93.0 cm³/mol. The summed E-state index contributed by atoms with van der Waals surface area (Å²) in [4.78, 5) is 27.0. The molecule has 1 spiro atoms. The summed E-state index contributed by atoms with van der Waals surface area (Å²) in [6.45, 7) is 4.01. The highest BCUT2D eigenvalue weighted by Gasteiger charge is 2.42. The molecule has 2 fully saturated rings. The fraction of sp³-hybridized carbons (Fsp3) is 0.579. The van der Waals surface area contributed by atoms with Gasteiger partial charge in [0.05, 0.1) is 0 Å². The Hall–Kier alpha value is -1.92. The van der Waals surface area contributed by atoms with Gasteiger partial charge in [-0.2, -0.15) is 0 Å². The number of carbonyl (C=O) groups excluding carboxylic acids is 1. The molecule has 0 bridgehead atoms. The first-order valence-electron chi connectivity index (χ1n) is 8.90. The molecular formula is C19H26N2O4. The lowest BCUT2D eigenvalue weighted by Crippen LogP contribution is -2.45. The van der Waals surface area contributed by atoms with Crippen molar-refractivity contribution < 1.29 is 19.4 Å². The number of hydrogen-bond donors (Lipinski definition) is 1. The van der Waals surface area contributed by atoms with Crippen LogP contribution in [0.5, 0.6) is 0 Å². The molecule has 0 saturated carbocycles. The summed E-state index contributed by atoms with van der Waals surface area (Å²) in [7, 11) is 0. The fourth-order valence-corrected chi connectivity index (χ4v) is 4.08. The number of rotatable bonds is 6. The van der Waals surface area contributed by atoms with Crippen LogP contribution in [0.4, 0.5) is 0 Å². The number of amides is 1. The number of carboxylic acids is 1. The van der Waals surface area contributed by atoms with Gasteiger partial charge in [-0.15, -0.1) is 0 Å². The molecule has 1 aromatic carbocycles. The van der Waals surface area contributed by atoms with E-state index in [4.69, 9.17) is 9.84 Å². The van der Waals surface area contributed by atoms with Crippen LogP contribution in [-0.2, 0) is 20.9 Å². The highest BCUT2D eigenvalue weighted by Crippen LogP contribution is 2.39. The number of nitrogens with zero attached hydrogens (tertiary/aromatic N) is 2. The quantitative estimate of drug-likeness (QED) is 0.847. The van der Waals surface area contributed by atoms with E-state index in [1.54, 1.807) is 0 Å². The third kappa shape index (κ3) is 4.80. The maximum absolute atomic E-state index is 12.2. The van der Waals surface area contributed by atoms with Crippen molar-refractivity contribution in [3.05, 3.63) is 35.9 Å². The van der Waals surface area contributed by atoms with Crippen molar-refractivity contribution in [3.63, 3.8) is 0 Å². The summed E-state index contributed by atoms with van der Waals surface area (Å²) in [5.41, 5.74) is 1.50. The van der Waals surface area contributed by atoms with Crippen LogP contribution in [0, 0.1) is 5.41 Å². The monoisotopic (exact) mass is 346 g/mol. The Balaban J connectivity index is 1.52.